The van der Waals surface area contributed by atoms with Crippen LogP contribution in [0.2, 0.25) is 0 Å². The van der Waals surface area contributed by atoms with Gasteiger partial charge in [0.05, 0.1) is 16.6 Å². The molecule has 0 aliphatic rings. The van der Waals surface area contributed by atoms with Crippen LogP contribution in [0.25, 0.3) is 22.4 Å². The van der Waals surface area contributed by atoms with E-state index in [-0.39, 0.29) is 11.3 Å². The maximum Gasteiger partial charge on any atom is 0.387 e. The number of hydrogen-bond donors (Lipinski definition) is 0. The second-order valence-corrected chi connectivity index (χ2v) is 8.33. The van der Waals surface area contributed by atoms with Gasteiger partial charge in [0.25, 0.3) is 5.56 Å². The number of ether oxygens (including phenoxy) is 1. The predicted molar refractivity (Wildman–Crippen MR) is 123 cm³/mol. The molecule has 0 bridgehead atoms. The Labute approximate surface area is 191 Å². The van der Waals surface area contributed by atoms with Gasteiger partial charge in [-0.2, -0.15) is 8.78 Å². The van der Waals surface area contributed by atoms with E-state index in [2.05, 4.69) is 14.9 Å². The Morgan fingerprint density at radius 1 is 0.970 bits per heavy atom. The van der Waals surface area contributed by atoms with Gasteiger partial charge in [-0.15, -0.1) is 10.2 Å². The molecule has 6 nitrogen and oxygen atoms in total. The number of alkyl halides is 2. The highest BCUT2D eigenvalue weighted by atomic mass is 32.2. The van der Waals surface area contributed by atoms with Gasteiger partial charge in [-0.1, -0.05) is 59.8 Å². The van der Waals surface area contributed by atoms with Gasteiger partial charge in [-0.25, -0.2) is 4.57 Å². The van der Waals surface area contributed by atoms with E-state index in [1.165, 1.54) is 22.4 Å². The SMILES string of the molecule is Cc1ccc(-n2c(=O)c3ccccc3n3c(SCc4ccccc4OC(F)F)nnc23)cc1. The number of halogens is 2. The van der Waals surface area contributed by atoms with Gasteiger partial charge < -0.3 is 4.74 Å². The number of para-hydroxylation sites is 2. The molecule has 0 radical (unpaired) electrons. The quantitative estimate of drug-likeness (QED) is 0.322. The summed E-state index contributed by atoms with van der Waals surface area (Å²) in [6.45, 7) is -0.929. The molecule has 0 atom stereocenters. The molecule has 0 N–H and O–H groups in total. The molecule has 33 heavy (non-hydrogen) atoms. The molecule has 0 aliphatic carbocycles. The predicted octanol–water partition coefficient (Wildman–Crippen LogP) is 5.24. The van der Waals surface area contributed by atoms with Crippen molar-refractivity contribution in [2.24, 2.45) is 0 Å². The van der Waals surface area contributed by atoms with E-state index in [9.17, 15) is 13.6 Å². The maximum atomic E-state index is 13.4. The standard InChI is InChI=1S/C24H18F2N4O2S/c1-15-10-12-17(13-11-15)29-21(31)18-7-3-4-8-19(18)30-23(29)27-28-24(30)33-14-16-6-2-5-9-20(16)32-22(25)26/h2-13,22H,14H2,1H3. The number of rotatable bonds is 6. The Bertz CT molecular complexity index is 1510. The van der Waals surface area contributed by atoms with Crippen LogP contribution in [0, 0.1) is 6.92 Å². The third-order valence-electron chi connectivity index (χ3n) is 5.23. The van der Waals surface area contributed by atoms with Gasteiger partial charge in [0.1, 0.15) is 5.75 Å². The molecule has 3 aromatic carbocycles. The average Bonchev–Trinajstić information content (AvgIpc) is 3.23. The Morgan fingerprint density at radius 3 is 2.48 bits per heavy atom. The average molecular weight is 464 g/mol. The molecule has 0 amide bonds. The van der Waals surface area contributed by atoms with Crippen LogP contribution in [0.3, 0.4) is 0 Å². The van der Waals surface area contributed by atoms with Crippen LogP contribution >= 0.6 is 11.8 Å². The van der Waals surface area contributed by atoms with Crippen molar-refractivity contribution in [3.8, 4) is 11.4 Å². The first-order valence-electron chi connectivity index (χ1n) is 10.1. The van der Waals surface area contributed by atoms with E-state index in [0.717, 1.165) is 5.56 Å². The monoisotopic (exact) mass is 464 g/mol. The number of benzene rings is 3. The largest absolute Gasteiger partial charge is 0.435 e. The molecule has 5 aromatic rings. The fourth-order valence-corrected chi connectivity index (χ4v) is 4.61. The van der Waals surface area contributed by atoms with Crippen molar-refractivity contribution in [1.82, 2.24) is 19.2 Å². The van der Waals surface area contributed by atoms with Crippen LogP contribution in [0.15, 0.2) is 82.7 Å². The first kappa shape index (κ1) is 21.1. The van der Waals surface area contributed by atoms with Crippen molar-refractivity contribution < 1.29 is 13.5 Å². The second kappa shape index (κ2) is 8.67. The first-order valence-corrected chi connectivity index (χ1v) is 11.1. The summed E-state index contributed by atoms with van der Waals surface area (Å²) in [6, 6.07) is 21.5. The minimum atomic E-state index is -2.90. The zero-order chi connectivity index (χ0) is 22.9. The molecule has 0 spiro atoms. The number of aryl methyl sites for hydroxylation is 1. The molecule has 0 saturated heterocycles. The molecule has 2 heterocycles. The van der Waals surface area contributed by atoms with Crippen LogP contribution in [-0.4, -0.2) is 25.8 Å². The van der Waals surface area contributed by atoms with Crippen molar-refractivity contribution in [1.29, 1.82) is 0 Å². The number of nitrogens with zero attached hydrogens (tertiary/aromatic N) is 4. The van der Waals surface area contributed by atoms with Crippen molar-refractivity contribution >= 4 is 28.4 Å². The van der Waals surface area contributed by atoms with Crippen LogP contribution in [-0.2, 0) is 5.75 Å². The van der Waals surface area contributed by atoms with Crippen molar-refractivity contribution in [2.45, 2.75) is 24.4 Å². The van der Waals surface area contributed by atoms with Gasteiger partial charge >= 0.3 is 6.61 Å². The number of fused-ring (bicyclic) bond motifs is 3. The van der Waals surface area contributed by atoms with E-state index >= 15 is 0 Å². The maximum absolute atomic E-state index is 13.4. The van der Waals surface area contributed by atoms with E-state index < -0.39 is 6.61 Å². The summed E-state index contributed by atoms with van der Waals surface area (Å²) in [6.07, 6.45) is 0. The lowest BCUT2D eigenvalue weighted by Gasteiger charge is -2.12. The molecule has 9 heteroatoms. The van der Waals surface area contributed by atoms with Crippen molar-refractivity contribution in [3.63, 3.8) is 0 Å². The molecule has 0 fully saturated rings. The van der Waals surface area contributed by atoms with Gasteiger partial charge in [0.2, 0.25) is 5.78 Å². The van der Waals surface area contributed by atoms with E-state index in [4.69, 9.17) is 0 Å². The van der Waals surface area contributed by atoms with Crippen LogP contribution in [0.4, 0.5) is 8.78 Å². The molecule has 0 unspecified atom stereocenters. The normalized spacial score (nSPS) is 11.5. The molecule has 5 rings (SSSR count). The minimum Gasteiger partial charge on any atom is -0.435 e. The highest BCUT2D eigenvalue weighted by Crippen LogP contribution is 2.30. The van der Waals surface area contributed by atoms with E-state index in [0.29, 0.717) is 38.8 Å². The summed E-state index contributed by atoms with van der Waals surface area (Å²) in [5.74, 6) is 0.833. The summed E-state index contributed by atoms with van der Waals surface area (Å²) < 4.78 is 33.5. The molecule has 166 valence electrons. The fraction of sp³-hybridized carbons (Fsp3) is 0.125. The lowest BCUT2D eigenvalue weighted by molar-refractivity contribution is -0.0503. The van der Waals surface area contributed by atoms with E-state index in [1.807, 2.05) is 53.8 Å². The Morgan fingerprint density at radius 2 is 1.70 bits per heavy atom. The summed E-state index contributed by atoms with van der Waals surface area (Å²) in [7, 11) is 0. The minimum absolute atomic E-state index is 0.121. The van der Waals surface area contributed by atoms with Gasteiger partial charge in [-0.3, -0.25) is 9.20 Å². The van der Waals surface area contributed by atoms with Gasteiger partial charge in [-0.05, 0) is 37.3 Å². The summed E-state index contributed by atoms with van der Waals surface area (Å²) in [5.41, 5.74) is 2.84. The highest BCUT2D eigenvalue weighted by molar-refractivity contribution is 7.98. The first-order chi connectivity index (χ1) is 16.0. The Kier molecular flexibility index (Phi) is 5.55. The summed E-state index contributed by atoms with van der Waals surface area (Å²) in [4.78, 5) is 13.4. The molecule has 0 saturated carbocycles. The number of thioether (sulfide) groups is 1. The van der Waals surface area contributed by atoms with Crippen molar-refractivity contribution in [3.05, 3.63) is 94.3 Å². The van der Waals surface area contributed by atoms with Crippen LogP contribution < -0.4 is 10.3 Å². The lowest BCUT2D eigenvalue weighted by Crippen LogP contribution is -2.21. The third-order valence-corrected chi connectivity index (χ3v) is 6.21. The number of hydrogen-bond acceptors (Lipinski definition) is 5. The molecule has 0 aliphatic heterocycles. The third kappa shape index (κ3) is 3.95. The second-order valence-electron chi connectivity index (χ2n) is 7.39. The summed E-state index contributed by atoms with van der Waals surface area (Å²) >= 11 is 1.33. The number of aromatic nitrogens is 4. The fourth-order valence-electron chi connectivity index (χ4n) is 3.68. The Balaban J connectivity index is 1.64. The summed E-state index contributed by atoms with van der Waals surface area (Å²) in [5, 5.41) is 9.70. The zero-order valence-corrected chi connectivity index (χ0v) is 18.3. The lowest BCUT2D eigenvalue weighted by atomic mass is 10.2. The molecule has 2 aromatic heterocycles. The molecular formula is C24H18F2N4O2S. The van der Waals surface area contributed by atoms with Crippen LogP contribution in [0.1, 0.15) is 11.1 Å². The molecular weight excluding hydrogens is 446 g/mol. The topological polar surface area (TPSA) is 61.4 Å². The van der Waals surface area contributed by atoms with Gasteiger partial charge in [0.15, 0.2) is 5.16 Å². The van der Waals surface area contributed by atoms with E-state index in [1.54, 1.807) is 24.3 Å². The van der Waals surface area contributed by atoms with Gasteiger partial charge in [0, 0.05) is 11.3 Å². The zero-order valence-electron chi connectivity index (χ0n) is 17.5. The van der Waals surface area contributed by atoms with Crippen molar-refractivity contribution in [2.75, 3.05) is 0 Å². The van der Waals surface area contributed by atoms with Crippen LogP contribution in [0.5, 0.6) is 5.75 Å². The highest BCUT2D eigenvalue weighted by Gasteiger charge is 2.18. The Hall–Kier alpha value is -3.72. The smallest absolute Gasteiger partial charge is 0.387 e.